The van der Waals surface area contributed by atoms with Crippen molar-refractivity contribution in [2.45, 2.75) is 199 Å². The zero-order valence-electron chi connectivity index (χ0n) is 52.9. The number of esters is 3. The number of carboxylic acid groups (broad SMARTS) is 1. The molecule has 0 saturated carbocycles. The molecule has 0 unspecified atom stereocenters. The summed E-state index contributed by atoms with van der Waals surface area (Å²) in [6.45, 7) is 11.5. The van der Waals surface area contributed by atoms with Crippen LogP contribution in [0.2, 0.25) is 0 Å². The van der Waals surface area contributed by atoms with Crippen LogP contribution >= 0.6 is 34.8 Å². The van der Waals surface area contributed by atoms with E-state index in [1.165, 1.54) is 34.2 Å². The molecular weight excluding hydrogens is 1900 g/mol. The molecule has 4 fully saturated rings. The second-order valence-corrected chi connectivity index (χ2v) is 24.4. The number of aryl methyl sites for hydroxylation is 1. The molecule has 25 heteroatoms. The van der Waals surface area contributed by atoms with Gasteiger partial charge in [-0.2, -0.15) is 8.42 Å². The number of aliphatic hydroxyl groups excluding tert-OH is 1. The second kappa shape index (κ2) is 58.2. The van der Waals surface area contributed by atoms with Crippen LogP contribution in [0.1, 0.15) is 147 Å². The van der Waals surface area contributed by atoms with Crippen molar-refractivity contribution in [3.05, 3.63) is 97.7 Å². The number of hydrogen-bond donors (Lipinski definition) is 3. The maximum absolute atomic E-state index is 12.6. The summed E-state index contributed by atoms with van der Waals surface area (Å²) in [7, 11) is 2.43. The molecule has 89 heavy (non-hydrogen) atoms. The molecule has 0 aliphatic carbocycles. The molecule has 500 valence electrons. The fourth-order valence-electron chi connectivity index (χ4n) is 9.81. The number of methoxy groups -OCH3 is 3. The zero-order chi connectivity index (χ0) is 64.0. The Bertz CT molecular complexity index is 2300. The summed E-state index contributed by atoms with van der Waals surface area (Å²) < 4.78 is 44.4. The number of alkyl halides is 3. The van der Waals surface area contributed by atoms with E-state index >= 15 is 0 Å². The van der Waals surface area contributed by atoms with E-state index in [2.05, 4.69) is 71.2 Å². The molecule has 8 atom stereocenters. The van der Waals surface area contributed by atoms with Crippen molar-refractivity contribution < 1.29 is 159 Å². The van der Waals surface area contributed by atoms with Crippen LogP contribution in [0.25, 0.3) is 0 Å². The first-order chi connectivity index (χ1) is 41.3. The van der Waals surface area contributed by atoms with E-state index in [4.69, 9.17) is 54.0 Å². The molecule has 1 aromatic carbocycles. The number of likely N-dealkylation sites (N-methyl/N-ethyl adjacent to an activating group) is 1. The van der Waals surface area contributed by atoms with E-state index in [1.54, 1.807) is 24.3 Å². The minimum absolute atomic E-state index is 0. The van der Waals surface area contributed by atoms with Crippen molar-refractivity contribution in [3.63, 3.8) is 0 Å². The third kappa shape index (κ3) is 43.6. The summed E-state index contributed by atoms with van der Waals surface area (Å²) in [5.41, 5.74) is 1.00. The standard InChI is InChI=1S/C20H29NO5S.C15H23ClNO3.C14H23ClNO3.C12H20ClNO2.C3H3O.3U/c1-16-10-12-17(13-11-16)27(23,24)26-19-14-15-21(2)18(19)8-6-4-5-7-9-20(22)25-3;1-20-15(19)8-5-3-2-4-7-14-13(16)9-11-17(14)10-6-12-18;15-12-8-10-16(9-5-11-17)13(12)6-3-1-2-4-7-14(18)19;1-16-12(15)7-5-3-2-4-6-11-10(13)8-9-14-11;1-2-3-4;;;/h4,6,10-13,18-19H,5,7-9,14-15H2,1-3H3;2,4,13-14H,3,5-11H2,1H3;1,3,11-13,17H,2,4-10H2,(H,18,19);2,4,10-11,14H,3,5-9H2,1H3;2H,1H2;;;/q;2*-1;;-1;;;/b6-4-;4-2-;3-1-;4-2-;;;;/t18-,19-;13-,14+;12-,13+;10-,11+;;;;/m0111..../s1. The Kier molecular flexibility index (Phi) is 60.3. The summed E-state index contributed by atoms with van der Waals surface area (Å²) in [6, 6.07) is 7.77. The molecule has 4 saturated heterocycles. The Morgan fingerprint density at radius 2 is 1.10 bits per heavy atom. The minimum Gasteiger partial charge on any atom is -0.566 e. The van der Waals surface area contributed by atoms with Crippen LogP contribution in [-0.4, -0.2) is 184 Å². The Morgan fingerprint density at radius 1 is 0.663 bits per heavy atom. The number of aliphatic hydroxyl groups is 1. The fraction of sp³-hybridized carbons (Fsp3) is 0.641. The van der Waals surface area contributed by atoms with Gasteiger partial charge in [-0.1, -0.05) is 66.3 Å². The van der Waals surface area contributed by atoms with E-state index in [0.29, 0.717) is 69.5 Å². The van der Waals surface area contributed by atoms with Crippen LogP contribution in [-0.2, 0) is 57.3 Å². The molecule has 0 spiro atoms. The fourth-order valence-corrected chi connectivity index (χ4v) is 12.0. The Labute approximate surface area is 618 Å². The van der Waals surface area contributed by atoms with Gasteiger partial charge in [-0.05, 0) is 168 Å². The number of allylic oxidation sites excluding steroid dienone is 5. The van der Waals surface area contributed by atoms with E-state index in [0.717, 1.165) is 134 Å². The van der Waals surface area contributed by atoms with E-state index < -0.39 is 16.1 Å². The number of rotatable bonds is 34. The van der Waals surface area contributed by atoms with Crippen LogP contribution in [0, 0.1) is 107 Å². The third-order valence-electron chi connectivity index (χ3n) is 14.8. The second-order valence-electron chi connectivity index (χ2n) is 21.1. The topological polar surface area (TPSA) is 236 Å². The zero-order valence-corrected chi connectivity index (χ0v) is 68.5. The van der Waals surface area contributed by atoms with Crippen molar-refractivity contribution in [2.24, 2.45) is 0 Å². The molecule has 0 bridgehead atoms. The summed E-state index contributed by atoms with van der Waals surface area (Å²) in [4.78, 5) is 69.4. The normalized spacial score (nSPS) is 21.5. The van der Waals surface area contributed by atoms with Crippen LogP contribution in [0.4, 0.5) is 0 Å². The molecule has 4 aliphatic heterocycles. The van der Waals surface area contributed by atoms with Gasteiger partial charge in [-0.15, -0.1) is 47.6 Å². The van der Waals surface area contributed by atoms with Crippen molar-refractivity contribution in [2.75, 3.05) is 67.6 Å². The summed E-state index contributed by atoms with van der Waals surface area (Å²) >= 11 is 18.7. The number of nitrogens with one attached hydrogen (secondary N) is 1. The Balaban J connectivity index is -0.00000109. The summed E-state index contributed by atoms with van der Waals surface area (Å²) in [5.74, 6) is -1.23. The van der Waals surface area contributed by atoms with Gasteiger partial charge in [0.05, 0.1) is 48.5 Å². The maximum atomic E-state index is 12.6. The summed E-state index contributed by atoms with van der Waals surface area (Å²) in [5, 5.41) is 21.2. The first-order valence-corrected chi connectivity index (χ1v) is 32.7. The van der Waals surface area contributed by atoms with Crippen molar-refractivity contribution in [1.82, 2.24) is 20.0 Å². The van der Waals surface area contributed by atoms with Crippen LogP contribution in [0.3, 0.4) is 0 Å². The number of ether oxygens (including phenoxy) is 3. The monoisotopic (exact) mass is 2000 g/mol. The number of nitrogens with zero attached hydrogens (tertiary/aromatic N) is 3. The molecular formula is C64H98Cl3N4O14SU3-3. The third-order valence-corrected chi connectivity index (χ3v) is 17.7. The van der Waals surface area contributed by atoms with E-state index in [-0.39, 0.29) is 151 Å². The van der Waals surface area contributed by atoms with Gasteiger partial charge in [0.25, 0.3) is 10.1 Å². The number of likely N-dealkylation sites (tertiary alicyclic amines) is 3. The molecule has 0 radical (unpaired) electrons. The largest absolute Gasteiger partial charge is 0.566 e. The van der Waals surface area contributed by atoms with E-state index in [1.807, 2.05) is 38.5 Å². The van der Waals surface area contributed by atoms with Gasteiger partial charge >= 0.3 is 23.9 Å². The first-order valence-electron chi connectivity index (χ1n) is 30.0. The SMILES string of the molecule is C=C[C-]=O.COC(=O)CCC/C=C\C[C@@H]1NCC[C@H]1Cl.COC(=O)CCC/C=C\C[C@H]1[C@@H](OS(=O)(=O)c2ccc(C)cc2)CCN1C.COC(=O)CCC/C=C\C[C@H]1[C@H](Cl)CCN1CC[C-]=O.O=C(O)CCC/C=C\C[C@H]1[C@H](Cl)CCN1CC[CH-]O.[U].[U].[U]. The number of hydrogen-bond acceptors (Lipinski definition) is 17. The van der Waals surface area contributed by atoms with Gasteiger partial charge in [-0.25, -0.2) is 19.3 Å². The van der Waals surface area contributed by atoms with Crippen LogP contribution < -0.4 is 5.32 Å². The van der Waals surface area contributed by atoms with Gasteiger partial charge in [0.2, 0.25) is 0 Å². The predicted octanol–water partition coefficient (Wildman–Crippen LogP) is 10.8. The molecule has 0 aromatic heterocycles. The molecule has 3 N–H and O–H groups in total. The van der Waals surface area contributed by atoms with Gasteiger partial charge < -0.3 is 54.0 Å². The first kappa shape index (κ1) is 92.1. The molecule has 5 rings (SSSR count). The molecule has 4 aliphatic rings. The van der Waals surface area contributed by atoms with Crippen molar-refractivity contribution in [3.8, 4) is 0 Å². The number of aliphatic carboxylic acids is 1. The van der Waals surface area contributed by atoms with Crippen LogP contribution in [0.15, 0.2) is 90.4 Å². The average Bonchev–Trinajstić information content (AvgIpc) is 3.59. The smallest absolute Gasteiger partial charge is 0.305 e. The van der Waals surface area contributed by atoms with Gasteiger partial charge in [0.15, 0.2) is 0 Å². The number of unbranched alkanes of at least 4 members (excludes halogenated alkanes) is 4. The molecule has 1 aromatic rings. The van der Waals surface area contributed by atoms with Gasteiger partial charge in [0.1, 0.15) is 0 Å². The number of halogens is 3. The number of carbonyl (C=O) groups is 4. The van der Waals surface area contributed by atoms with E-state index in [9.17, 15) is 32.4 Å². The Hall–Kier alpha value is -1.12. The predicted molar refractivity (Wildman–Crippen MR) is 341 cm³/mol. The quantitative estimate of drug-likeness (QED) is 0.00850. The average molecular weight is 2000 g/mol. The molecule has 4 heterocycles. The maximum Gasteiger partial charge on any atom is 0.305 e. The van der Waals surface area contributed by atoms with Gasteiger partial charge in [0, 0.05) is 150 Å². The number of carboxylic acids is 1. The number of benzene rings is 1. The number of carbonyl (C=O) groups excluding carboxylic acids is 5. The van der Waals surface area contributed by atoms with Gasteiger partial charge in [-0.3, -0.25) is 29.6 Å². The molecule has 18 nitrogen and oxygen atoms in total. The Morgan fingerprint density at radius 3 is 1.51 bits per heavy atom. The van der Waals surface area contributed by atoms with Crippen molar-refractivity contribution in [1.29, 1.82) is 0 Å². The van der Waals surface area contributed by atoms with Crippen LogP contribution in [0.5, 0.6) is 0 Å². The van der Waals surface area contributed by atoms with Crippen molar-refractivity contribution >= 4 is 81.4 Å². The summed E-state index contributed by atoms with van der Waals surface area (Å²) in [6.07, 6.45) is 37.2. The minimum atomic E-state index is -3.77. The molecule has 0 amide bonds.